The summed E-state index contributed by atoms with van der Waals surface area (Å²) in [6, 6.07) is 10.4. The Morgan fingerprint density at radius 1 is 1.37 bits per heavy atom. The highest BCUT2D eigenvalue weighted by molar-refractivity contribution is 7.11. The van der Waals surface area contributed by atoms with E-state index in [0.717, 1.165) is 9.62 Å². The van der Waals surface area contributed by atoms with Gasteiger partial charge in [0.25, 0.3) is 5.69 Å². The van der Waals surface area contributed by atoms with Crippen LogP contribution in [0.15, 0.2) is 41.8 Å². The lowest BCUT2D eigenvalue weighted by Gasteiger charge is -2.00. The van der Waals surface area contributed by atoms with Crippen molar-refractivity contribution < 1.29 is 19.5 Å². The molecule has 0 saturated heterocycles. The van der Waals surface area contributed by atoms with E-state index in [1.54, 1.807) is 37.4 Å². The number of nitrogens with zero attached hydrogens (tertiary/aromatic N) is 1. The summed E-state index contributed by atoms with van der Waals surface area (Å²) in [7, 11) is 0. The molecule has 4 nitrogen and oxygen atoms in total. The number of carbonyl (C=O) groups excluding carboxylic acids is 1. The lowest BCUT2D eigenvalue weighted by molar-refractivity contribution is -0.709. The Morgan fingerprint density at radius 3 is 2.68 bits per heavy atom. The number of carbonyl (C=O) groups is 1. The highest BCUT2D eigenvalue weighted by atomic mass is 32.1. The van der Waals surface area contributed by atoms with Gasteiger partial charge in [0.1, 0.15) is 0 Å². The number of hydrogen-bond acceptors (Lipinski definition) is 4. The third kappa shape index (κ3) is 3.42. The number of thiophene rings is 1. The number of rotatable bonds is 4. The van der Waals surface area contributed by atoms with Crippen LogP contribution in [-0.4, -0.2) is 28.7 Å². The van der Waals surface area contributed by atoms with Crippen molar-refractivity contribution in [3.63, 3.8) is 0 Å². The summed E-state index contributed by atoms with van der Waals surface area (Å²) in [6.45, 7) is 2.11. The van der Waals surface area contributed by atoms with Crippen molar-refractivity contribution in [1.82, 2.24) is 0 Å². The monoisotopic (exact) mass is 276 g/mol. The van der Waals surface area contributed by atoms with E-state index < -0.39 is 0 Å². The smallest absolute Gasteiger partial charge is 0.338 e. The van der Waals surface area contributed by atoms with Crippen molar-refractivity contribution in [2.75, 3.05) is 6.61 Å². The van der Waals surface area contributed by atoms with Crippen molar-refractivity contribution in [2.45, 2.75) is 6.92 Å². The summed E-state index contributed by atoms with van der Waals surface area (Å²) in [6.07, 6.45) is 1.62. The van der Waals surface area contributed by atoms with Crippen LogP contribution in [0.1, 0.15) is 22.2 Å². The van der Waals surface area contributed by atoms with Gasteiger partial charge in [-0.05, 0) is 30.5 Å². The van der Waals surface area contributed by atoms with Crippen LogP contribution in [0.5, 0.6) is 0 Å². The maximum Gasteiger partial charge on any atom is 0.338 e. The normalized spacial score (nSPS) is 11.3. The minimum absolute atomic E-state index is 0.346. The summed E-state index contributed by atoms with van der Waals surface area (Å²) < 4.78 is 5.92. The SMILES string of the molecule is CCOC(=O)c1ccc(/[N+](O)=C/c2cccs2)cc1. The van der Waals surface area contributed by atoms with E-state index in [-0.39, 0.29) is 5.97 Å². The van der Waals surface area contributed by atoms with Crippen molar-refractivity contribution >= 4 is 29.2 Å². The molecule has 0 unspecified atom stereocenters. The van der Waals surface area contributed by atoms with Gasteiger partial charge in [0, 0.05) is 16.9 Å². The van der Waals surface area contributed by atoms with E-state index in [1.165, 1.54) is 11.3 Å². The fourth-order valence-electron chi connectivity index (χ4n) is 1.52. The molecule has 0 fully saturated rings. The van der Waals surface area contributed by atoms with Gasteiger partial charge >= 0.3 is 5.97 Å². The zero-order valence-electron chi connectivity index (χ0n) is 10.4. The average molecular weight is 276 g/mol. The van der Waals surface area contributed by atoms with Crippen LogP contribution in [0.3, 0.4) is 0 Å². The summed E-state index contributed by atoms with van der Waals surface area (Å²) in [5, 5.41) is 11.8. The van der Waals surface area contributed by atoms with Crippen molar-refractivity contribution in [2.24, 2.45) is 0 Å². The Labute approximate surface area is 115 Å². The van der Waals surface area contributed by atoms with Crippen LogP contribution < -0.4 is 0 Å². The minimum atomic E-state index is -0.360. The molecule has 0 atom stereocenters. The quantitative estimate of drug-likeness (QED) is 0.307. The van der Waals surface area contributed by atoms with Gasteiger partial charge < -0.3 is 4.74 Å². The fraction of sp³-hybridized carbons (Fsp3) is 0.143. The molecule has 0 aliphatic rings. The first kappa shape index (κ1) is 13.3. The van der Waals surface area contributed by atoms with E-state index >= 15 is 0 Å². The predicted molar refractivity (Wildman–Crippen MR) is 73.6 cm³/mol. The first-order valence-electron chi connectivity index (χ1n) is 5.84. The molecule has 0 aliphatic heterocycles. The Balaban J connectivity index is 2.16. The zero-order valence-corrected chi connectivity index (χ0v) is 11.3. The van der Waals surface area contributed by atoms with Gasteiger partial charge in [-0.15, -0.1) is 11.3 Å². The number of esters is 1. The van der Waals surface area contributed by atoms with Crippen molar-refractivity contribution in [3.8, 4) is 0 Å². The average Bonchev–Trinajstić information content (AvgIpc) is 2.92. The summed E-state index contributed by atoms with van der Waals surface area (Å²) in [5.41, 5.74) is 1.05. The molecule has 1 aromatic carbocycles. The van der Waals surface area contributed by atoms with Gasteiger partial charge in [-0.2, -0.15) is 0 Å². The zero-order chi connectivity index (χ0) is 13.7. The lowest BCUT2D eigenvalue weighted by Crippen LogP contribution is -2.05. The fourth-order valence-corrected chi connectivity index (χ4v) is 2.16. The topological polar surface area (TPSA) is 49.5 Å². The molecule has 2 rings (SSSR count). The molecule has 0 spiro atoms. The van der Waals surface area contributed by atoms with E-state index in [2.05, 4.69) is 0 Å². The maximum absolute atomic E-state index is 11.5. The highest BCUT2D eigenvalue weighted by Gasteiger charge is 2.11. The molecule has 1 aromatic heterocycles. The van der Waals surface area contributed by atoms with Gasteiger partial charge in [-0.1, -0.05) is 6.07 Å². The Morgan fingerprint density at radius 2 is 2.11 bits per heavy atom. The molecule has 1 N–H and O–H groups in total. The summed E-state index contributed by atoms with van der Waals surface area (Å²) >= 11 is 1.53. The molecule has 0 amide bonds. The number of hydrogen-bond donors (Lipinski definition) is 1. The standard InChI is InChI=1S/C14H14NO3S/c1-2-18-14(16)11-5-7-12(8-6-11)15(17)10-13-4-3-9-19-13/h3-10,17H,2H2,1H3/q+1/b15-10-. The number of ether oxygens (including phenoxy) is 1. The molecule has 0 saturated carbocycles. The maximum atomic E-state index is 11.5. The second kappa shape index (κ2) is 6.15. The molecule has 0 bridgehead atoms. The minimum Gasteiger partial charge on any atom is -0.462 e. The molecule has 5 heteroatoms. The van der Waals surface area contributed by atoms with Crippen LogP contribution in [0.4, 0.5) is 5.69 Å². The van der Waals surface area contributed by atoms with Gasteiger partial charge in [0.15, 0.2) is 0 Å². The third-order valence-corrected chi connectivity index (χ3v) is 3.24. The highest BCUT2D eigenvalue weighted by Crippen LogP contribution is 2.14. The van der Waals surface area contributed by atoms with E-state index in [1.807, 2.05) is 17.5 Å². The summed E-state index contributed by atoms with van der Waals surface area (Å²) in [4.78, 5) is 12.4. The van der Waals surface area contributed by atoms with E-state index in [0.29, 0.717) is 17.9 Å². The predicted octanol–water partition coefficient (Wildman–Crippen LogP) is 3.08. The van der Waals surface area contributed by atoms with Crippen LogP contribution in [0, 0.1) is 0 Å². The Bertz CT molecular complexity index is 573. The molecule has 1 heterocycles. The first-order chi connectivity index (χ1) is 9.20. The first-order valence-corrected chi connectivity index (χ1v) is 6.72. The molecule has 98 valence electrons. The van der Waals surface area contributed by atoms with Gasteiger partial charge in [0.2, 0.25) is 6.21 Å². The molecule has 0 radical (unpaired) electrons. The Hall–Kier alpha value is -2.14. The van der Waals surface area contributed by atoms with Crippen molar-refractivity contribution in [1.29, 1.82) is 0 Å². The van der Waals surface area contributed by atoms with E-state index in [9.17, 15) is 10.0 Å². The van der Waals surface area contributed by atoms with E-state index in [4.69, 9.17) is 4.74 Å². The van der Waals surface area contributed by atoms with Crippen molar-refractivity contribution in [3.05, 3.63) is 52.2 Å². The second-order valence-corrected chi connectivity index (χ2v) is 4.74. The third-order valence-electron chi connectivity index (χ3n) is 2.44. The number of benzene rings is 1. The van der Waals surface area contributed by atoms with Crippen LogP contribution >= 0.6 is 11.3 Å². The second-order valence-electron chi connectivity index (χ2n) is 3.76. The lowest BCUT2D eigenvalue weighted by atomic mass is 10.2. The van der Waals surface area contributed by atoms with Crippen LogP contribution in [-0.2, 0) is 4.74 Å². The molecule has 2 aromatic rings. The summed E-state index contributed by atoms with van der Waals surface area (Å²) in [5.74, 6) is -0.360. The van der Waals surface area contributed by atoms with Crippen LogP contribution in [0.25, 0.3) is 0 Å². The molecular weight excluding hydrogens is 262 g/mol. The van der Waals surface area contributed by atoms with Gasteiger partial charge in [-0.3, -0.25) is 5.21 Å². The molecule has 0 aliphatic carbocycles. The molecule has 19 heavy (non-hydrogen) atoms. The van der Waals surface area contributed by atoms with Gasteiger partial charge in [-0.25, -0.2) is 4.79 Å². The Kier molecular flexibility index (Phi) is 4.30. The van der Waals surface area contributed by atoms with Crippen LogP contribution in [0.2, 0.25) is 0 Å². The largest absolute Gasteiger partial charge is 0.462 e. The van der Waals surface area contributed by atoms with Gasteiger partial charge in [0.05, 0.1) is 17.0 Å². The molecular formula is C14H14NO3S+.